The molecule has 0 aromatic heterocycles. The molecule has 0 spiro atoms. The SMILES string of the molecule is C=CCOC(=O)CCCCCCC/C=C\C[C@H](O)CCCCCC.CCOCC.OCCO. The van der Waals surface area contributed by atoms with E-state index >= 15 is 0 Å². The van der Waals surface area contributed by atoms with E-state index in [0.29, 0.717) is 13.0 Å². The van der Waals surface area contributed by atoms with Gasteiger partial charge in [0, 0.05) is 19.6 Å². The Balaban J connectivity index is -0.000000841. The molecular formula is C27H54O6. The van der Waals surface area contributed by atoms with Crippen LogP contribution in [0.4, 0.5) is 0 Å². The van der Waals surface area contributed by atoms with Crippen molar-refractivity contribution in [2.45, 2.75) is 110 Å². The second-order valence-electron chi connectivity index (χ2n) is 7.72. The molecule has 0 heterocycles. The largest absolute Gasteiger partial charge is 0.461 e. The van der Waals surface area contributed by atoms with Gasteiger partial charge in [0.2, 0.25) is 0 Å². The van der Waals surface area contributed by atoms with Crippen LogP contribution in [0.2, 0.25) is 0 Å². The molecule has 3 N–H and O–H groups in total. The normalized spacial score (nSPS) is 11.2. The predicted molar refractivity (Wildman–Crippen MR) is 138 cm³/mol. The van der Waals surface area contributed by atoms with E-state index in [9.17, 15) is 9.90 Å². The number of allylic oxidation sites excluding steroid dienone is 1. The first kappa shape index (κ1) is 36.4. The molecule has 6 nitrogen and oxygen atoms in total. The van der Waals surface area contributed by atoms with Crippen molar-refractivity contribution >= 4 is 5.97 Å². The average molecular weight is 475 g/mol. The number of aliphatic hydroxyl groups is 3. The summed E-state index contributed by atoms with van der Waals surface area (Å²) in [6, 6.07) is 0. The maximum atomic E-state index is 11.3. The van der Waals surface area contributed by atoms with Gasteiger partial charge in [0.25, 0.3) is 0 Å². The molecule has 6 heteroatoms. The molecule has 0 amide bonds. The third kappa shape index (κ3) is 41.5. The number of ether oxygens (including phenoxy) is 2. The van der Waals surface area contributed by atoms with Gasteiger partial charge in [-0.3, -0.25) is 4.79 Å². The van der Waals surface area contributed by atoms with Crippen LogP contribution in [0.5, 0.6) is 0 Å². The molecule has 0 saturated carbocycles. The third-order valence-corrected chi connectivity index (χ3v) is 4.59. The van der Waals surface area contributed by atoms with Crippen LogP contribution >= 0.6 is 0 Å². The molecule has 1 atom stereocenters. The Bertz CT molecular complexity index is 394. The Kier molecular flexibility index (Phi) is 39.0. The Morgan fingerprint density at radius 2 is 1.48 bits per heavy atom. The first-order valence-corrected chi connectivity index (χ1v) is 12.9. The van der Waals surface area contributed by atoms with E-state index in [-0.39, 0.29) is 25.3 Å². The van der Waals surface area contributed by atoms with Crippen LogP contribution in [0.3, 0.4) is 0 Å². The van der Waals surface area contributed by atoms with Crippen LogP contribution < -0.4 is 0 Å². The van der Waals surface area contributed by atoms with Crippen molar-refractivity contribution in [3.63, 3.8) is 0 Å². The fourth-order valence-corrected chi connectivity index (χ4v) is 2.79. The summed E-state index contributed by atoms with van der Waals surface area (Å²) < 4.78 is 9.77. The highest BCUT2D eigenvalue weighted by Crippen LogP contribution is 2.10. The summed E-state index contributed by atoms with van der Waals surface area (Å²) in [5, 5.41) is 25.1. The van der Waals surface area contributed by atoms with Crippen LogP contribution in [-0.4, -0.2) is 60.4 Å². The molecule has 0 saturated heterocycles. The van der Waals surface area contributed by atoms with Crippen LogP contribution in [0.15, 0.2) is 24.8 Å². The van der Waals surface area contributed by atoms with Crippen molar-refractivity contribution in [3.8, 4) is 0 Å². The van der Waals surface area contributed by atoms with E-state index < -0.39 is 0 Å². The van der Waals surface area contributed by atoms with Crippen molar-refractivity contribution < 1.29 is 29.6 Å². The lowest BCUT2D eigenvalue weighted by Crippen LogP contribution is -2.04. The number of rotatable bonds is 20. The standard InChI is InChI=1S/C21H38O3.C4H10O.C2H6O2/c1-3-5-6-13-16-20(22)17-14-11-9-7-8-10-12-15-18-21(23)24-19-4-2;1-3-5-4-2;3-1-2-4/h4,11,14,20,22H,2-3,5-10,12-13,15-19H2,1H3;3-4H2,1-2H3;3-4H,1-2H2/b14-11-;;/t20-;;/m1../s1. The maximum Gasteiger partial charge on any atom is 0.306 e. The lowest BCUT2D eigenvalue weighted by Gasteiger charge is -2.07. The number of esters is 1. The number of hydrogen-bond acceptors (Lipinski definition) is 6. The van der Waals surface area contributed by atoms with Gasteiger partial charge in [-0.2, -0.15) is 0 Å². The quantitative estimate of drug-likeness (QED) is 0.118. The van der Waals surface area contributed by atoms with Crippen molar-refractivity contribution in [2.75, 3.05) is 33.0 Å². The zero-order valence-electron chi connectivity index (χ0n) is 21.8. The van der Waals surface area contributed by atoms with Crippen molar-refractivity contribution in [1.29, 1.82) is 0 Å². The van der Waals surface area contributed by atoms with E-state index in [0.717, 1.165) is 51.7 Å². The fraction of sp³-hybridized carbons (Fsp3) is 0.815. The average Bonchev–Trinajstić information content (AvgIpc) is 2.82. The number of carbonyl (C=O) groups excluding carboxylic acids is 1. The van der Waals surface area contributed by atoms with Crippen LogP contribution in [0, 0.1) is 0 Å². The number of unbranched alkanes of at least 4 members (excludes halogenated alkanes) is 8. The second kappa shape index (κ2) is 35.4. The van der Waals surface area contributed by atoms with Gasteiger partial charge in [-0.25, -0.2) is 0 Å². The molecule has 0 bridgehead atoms. The Hall–Kier alpha value is -1.21. The van der Waals surface area contributed by atoms with E-state index in [1.165, 1.54) is 38.5 Å². The molecule has 0 aliphatic heterocycles. The molecule has 33 heavy (non-hydrogen) atoms. The van der Waals surface area contributed by atoms with Gasteiger partial charge in [0.1, 0.15) is 6.61 Å². The summed E-state index contributed by atoms with van der Waals surface area (Å²) in [5.41, 5.74) is 0. The molecule has 0 aliphatic rings. The zero-order chi connectivity index (χ0) is 25.4. The summed E-state index contributed by atoms with van der Waals surface area (Å²) in [6.07, 6.45) is 19.5. The van der Waals surface area contributed by atoms with Gasteiger partial charge in [-0.05, 0) is 46.0 Å². The number of carbonyl (C=O) groups is 1. The third-order valence-electron chi connectivity index (χ3n) is 4.59. The fourth-order valence-electron chi connectivity index (χ4n) is 2.79. The first-order chi connectivity index (χ1) is 16.0. The minimum Gasteiger partial charge on any atom is -0.461 e. The molecule has 0 rings (SSSR count). The number of aliphatic hydroxyl groups excluding tert-OH is 3. The molecule has 0 aromatic rings. The van der Waals surface area contributed by atoms with Gasteiger partial charge in [-0.1, -0.05) is 76.7 Å². The maximum absolute atomic E-state index is 11.3. The highest BCUT2D eigenvalue weighted by Gasteiger charge is 2.01. The van der Waals surface area contributed by atoms with Crippen LogP contribution in [0.1, 0.15) is 104 Å². The van der Waals surface area contributed by atoms with E-state index in [4.69, 9.17) is 19.7 Å². The lowest BCUT2D eigenvalue weighted by molar-refractivity contribution is -0.142. The van der Waals surface area contributed by atoms with Gasteiger partial charge >= 0.3 is 5.97 Å². The van der Waals surface area contributed by atoms with Gasteiger partial charge < -0.3 is 24.8 Å². The summed E-state index contributed by atoms with van der Waals surface area (Å²) in [7, 11) is 0. The van der Waals surface area contributed by atoms with E-state index in [1.807, 2.05) is 13.8 Å². The highest BCUT2D eigenvalue weighted by molar-refractivity contribution is 5.69. The highest BCUT2D eigenvalue weighted by atomic mass is 16.5. The molecular weight excluding hydrogens is 420 g/mol. The van der Waals surface area contributed by atoms with Gasteiger partial charge in [0.15, 0.2) is 0 Å². The second-order valence-corrected chi connectivity index (χ2v) is 7.72. The summed E-state index contributed by atoms with van der Waals surface area (Å²) in [4.78, 5) is 11.3. The molecule has 0 fully saturated rings. The van der Waals surface area contributed by atoms with Crippen molar-refractivity contribution in [2.24, 2.45) is 0 Å². The predicted octanol–water partition coefficient (Wildman–Crippen LogP) is 5.74. The topological polar surface area (TPSA) is 96.2 Å². The molecule has 0 aliphatic carbocycles. The Labute approximate surface area is 204 Å². The molecule has 0 aromatic carbocycles. The Morgan fingerprint density at radius 3 is 2.03 bits per heavy atom. The molecule has 0 unspecified atom stereocenters. The van der Waals surface area contributed by atoms with Crippen molar-refractivity contribution in [1.82, 2.24) is 0 Å². The molecule has 0 radical (unpaired) electrons. The number of hydrogen-bond donors (Lipinski definition) is 3. The van der Waals surface area contributed by atoms with Crippen LogP contribution in [0.25, 0.3) is 0 Å². The zero-order valence-corrected chi connectivity index (χ0v) is 21.8. The van der Waals surface area contributed by atoms with Gasteiger partial charge in [-0.15, -0.1) is 0 Å². The van der Waals surface area contributed by atoms with Crippen LogP contribution in [-0.2, 0) is 14.3 Å². The Morgan fingerprint density at radius 1 is 0.879 bits per heavy atom. The molecule has 198 valence electrons. The first-order valence-electron chi connectivity index (χ1n) is 12.9. The summed E-state index contributed by atoms with van der Waals surface area (Å²) in [6.45, 7) is 11.5. The minimum absolute atomic E-state index is 0.119. The van der Waals surface area contributed by atoms with E-state index in [2.05, 4.69) is 25.7 Å². The van der Waals surface area contributed by atoms with E-state index in [1.54, 1.807) is 6.08 Å². The van der Waals surface area contributed by atoms with Crippen molar-refractivity contribution in [3.05, 3.63) is 24.8 Å². The minimum atomic E-state index is -0.168. The lowest BCUT2D eigenvalue weighted by atomic mass is 10.1. The monoisotopic (exact) mass is 474 g/mol. The smallest absolute Gasteiger partial charge is 0.306 e. The van der Waals surface area contributed by atoms with Gasteiger partial charge in [0.05, 0.1) is 19.3 Å². The summed E-state index contributed by atoms with van der Waals surface area (Å²) in [5.74, 6) is -0.119. The summed E-state index contributed by atoms with van der Waals surface area (Å²) >= 11 is 0.